The van der Waals surface area contributed by atoms with Gasteiger partial charge in [0, 0.05) is 32.4 Å². The predicted octanol–water partition coefficient (Wildman–Crippen LogP) is 1.89. The molecule has 2 aromatic heterocycles. The van der Waals surface area contributed by atoms with Crippen LogP contribution >= 0.6 is 0 Å². The van der Waals surface area contributed by atoms with E-state index in [1.165, 1.54) is 11.1 Å². The van der Waals surface area contributed by atoms with Crippen molar-refractivity contribution in [1.82, 2.24) is 19.2 Å². The van der Waals surface area contributed by atoms with Gasteiger partial charge in [-0.2, -0.15) is 0 Å². The molecule has 124 valence electrons. The number of nitrogens with zero attached hydrogens (tertiary/aromatic N) is 4. The third kappa shape index (κ3) is 2.47. The quantitative estimate of drug-likeness (QED) is 0.866. The zero-order chi connectivity index (χ0) is 16.0. The number of hydrogen-bond donors (Lipinski definition) is 0. The summed E-state index contributed by atoms with van der Waals surface area (Å²) in [4.78, 5) is 9.92. The predicted molar refractivity (Wildman–Crippen MR) is 90.7 cm³/mol. The summed E-state index contributed by atoms with van der Waals surface area (Å²) in [5.74, 6) is 1.14. The molecule has 2 fully saturated rings. The summed E-state index contributed by atoms with van der Waals surface area (Å²) in [6.07, 6.45) is 4.14. The lowest BCUT2D eigenvalue weighted by molar-refractivity contribution is -0.0851. The average Bonchev–Trinajstić information content (AvgIpc) is 2.92. The molecule has 0 amide bonds. The van der Waals surface area contributed by atoms with Crippen LogP contribution in [0.5, 0.6) is 0 Å². The minimum atomic E-state index is -0.0671. The van der Waals surface area contributed by atoms with Gasteiger partial charge in [0.2, 0.25) is 0 Å². The molecule has 0 saturated carbocycles. The molecule has 0 radical (unpaired) electrons. The van der Waals surface area contributed by atoms with Gasteiger partial charge in [-0.1, -0.05) is 6.07 Å². The van der Waals surface area contributed by atoms with Crippen molar-refractivity contribution in [3.05, 3.63) is 35.9 Å². The molecule has 23 heavy (non-hydrogen) atoms. The first-order chi connectivity index (χ1) is 11.1. The first-order valence-electron chi connectivity index (χ1n) is 8.57. The Balaban J connectivity index is 1.56. The van der Waals surface area contributed by atoms with Crippen molar-refractivity contribution in [2.45, 2.75) is 32.4 Å². The number of rotatable bonds is 3. The normalized spacial score (nSPS) is 21.7. The highest BCUT2D eigenvalue weighted by Gasteiger charge is 2.37. The molecular formula is C18H26N4O. The van der Waals surface area contributed by atoms with E-state index in [0.29, 0.717) is 6.04 Å². The topological polar surface area (TPSA) is 33.0 Å². The van der Waals surface area contributed by atoms with Gasteiger partial charge in [0.1, 0.15) is 5.82 Å². The van der Waals surface area contributed by atoms with Crippen LogP contribution in [0, 0.1) is 6.92 Å². The van der Waals surface area contributed by atoms with E-state index in [9.17, 15) is 0 Å². The summed E-state index contributed by atoms with van der Waals surface area (Å²) in [6, 6.07) is 4.90. The van der Waals surface area contributed by atoms with Crippen molar-refractivity contribution in [3.8, 4) is 0 Å². The van der Waals surface area contributed by atoms with Gasteiger partial charge in [0.15, 0.2) is 0 Å². The van der Waals surface area contributed by atoms with Crippen molar-refractivity contribution in [3.63, 3.8) is 0 Å². The molecule has 5 nitrogen and oxygen atoms in total. The molecule has 0 aromatic carbocycles. The maximum atomic E-state index is 5.33. The summed E-state index contributed by atoms with van der Waals surface area (Å²) >= 11 is 0. The van der Waals surface area contributed by atoms with Crippen LogP contribution in [0.1, 0.15) is 25.2 Å². The molecule has 4 rings (SSSR count). The lowest BCUT2D eigenvalue weighted by Crippen LogP contribution is -2.59. The second-order valence-corrected chi connectivity index (χ2v) is 7.30. The van der Waals surface area contributed by atoms with E-state index in [-0.39, 0.29) is 5.54 Å². The lowest BCUT2D eigenvalue weighted by Gasteiger charge is -2.47. The van der Waals surface area contributed by atoms with Crippen LogP contribution < -0.4 is 0 Å². The van der Waals surface area contributed by atoms with Crippen LogP contribution in [0.25, 0.3) is 5.52 Å². The Morgan fingerprint density at radius 2 is 1.91 bits per heavy atom. The van der Waals surface area contributed by atoms with Crippen LogP contribution in [0.15, 0.2) is 24.5 Å². The first-order valence-corrected chi connectivity index (χ1v) is 8.57. The Morgan fingerprint density at radius 3 is 2.57 bits per heavy atom. The molecule has 0 atom stereocenters. The average molecular weight is 314 g/mol. The number of aromatic nitrogens is 2. The van der Waals surface area contributed by atoms with Gasteiger partial charge in [0.25, 0.3) is 0 Å². The van der Waals surface area contributed by atoms with E-state index in [4.69, 9.17) is 9.72 Å². The summed E-state index contributed by atoms with van der Waals surface area (Å²) in [5, 5.41) is 0. The van der Waals surface area contributed by atoms with Gasteiger partial charge in [-0.15, -0.1) is 0 Å². The summed E-state index contributed by atoms with van der Waals surface area (Å²) in [6.45, 7) is 13.0. The smallest absolute Gasteiger partial charge is 0.133 e. The van der Waals surface area contributed by atoms with E-state index < -0.39 is 0 Å². The molecule has 0 spiro atoms. The Hall–Kier alpha value is -1.43. The SMILES string of the molecule is Cc1cccn2c(C(C)(C)N3CCN(C4COC4)CC3)ncc12. The lowest BCUT2D eigenvalue weighted by atomic mass is 9.99. The summed E-state index contributed by atoms with van der Waals surface area (Å²) in [5.41, 5.74) is 2.42. The van der Waals surface area contributed by atoms with Crippen molar-refractivity contribution in [1.29, 1.82) is 0 Å². The molecule has 2 saturated heterocycles. The van der Waals surface area contributed by atoms with Crippen LogP contribution in [-0.2, 0) is 10.3 Å². The van der Waals surface area contributed by atoms with Crippen molar-refractivity contribution >= 4 is 5.52 Å². The highest BCUT2D eigenvalue weighted by Crippen LogP contribution is 2.29. The molecule has 5 heteroatoms. The number of piperazine rings is 1. The third-order valence-electron chi connectivity index (χ3n) is 5.57. The van der Waals surface area contributed by atoms with Crippen molar-refractivity contribution in [2.24, 2.45) is 0 Å². The van der Waals surface area contributed by atoms with Gasteiger partial charge in [-0.25, -0.2) is 4.98 Å². The number of aryl methyl sites for hydroxylation is 1. The molecule has 2 aliphatic rings. The Morgan fingerprint density at radius 1 is 1.17 bits per heavy atom. The minimum Gasteiger partial charge on any atom is -0.378 e. The van der Waals surface area contributed by atoms with E-state index in [0.717, 1.165) is 45.2 Å². The second kappa shape index (κ2) is 5.58. The van der Waals surface area contributed by atoms with Gasteiger partial charge < -0.3 is 9.14 Å². The number of ether oxygens (including phenoxy) is 1. The Kier molecular flexibility index (Phi) is 3.67. The van der Waals surface area contributed by atoms with Gasteiger partial charge >= 0.3 is 0 Å². The Bertz CT molecular complexity index is 696. The monoisotopic (exact) mass is 314 g/mol. The van der Waals surface area contributed by atoms with Crippen LogP contribution in [0.3, 0.4) is 0 Å². The first kappa shape index (κ1) is 15.1. The number of pyridine rings is 1. The third-order valence-corrected chi connectivity index (χ3v) is 5.57. The van der Waals surface area contributed by atoms with Gasteiger partial charge in [-0.05, 0) is 32.4 Å². The molecular weight excluding hydrogens is 288 g/mol. The highest BCUT2D eigenvalue weighted by molar-refractivity contribution is 5.53. The highest BCUT2D eigenvalue weighted by atomic mass is 16.5. The Labute approximate surface area is 137 Å². The van der Waals surface area contributed by atoms with E-state index in [1.807, 2.05) is 6.20 Å². The molecule has 0 aliphatic carbocycles. The van der Waals surface area contributed by atoms with Gasteiger partial charge in [0.05, 0.1) is 36.5 Å². The minimum absolute atomic E-state index is 0.0671. The zero-order valence-corrected chi connectivity index (χ0v) is 14.3. The van der Waals surface area contributed by atoms with E-state index >= 15 is 0 Å². The number of imidazole rings is 1. The number of fused-ring (bicyclic) bond motifs is 1. The van der Waals surface area contributed by atoms with Crippen LogP contribution in [-0.4, -0.2) is 64.6 Å². The standard InChI is InChI=1S/C18H26N4O/c1-14-5-4-6-22-16(14)11-19-17(22)18(2,3)21-9-7-20(8-10-21)15-12-23-13-15/h4-6,11,15H,7-10,12-13H2,1-3H3. The van der Waals surface area contributed by atoms with Crippen LogP contribution in [0.2, 0.25) is 0 Å². The second-order valence-electron chi connectivity index (χ2n) is 7.30. The van der Waals surface area contributed by atoms with Crippen LogP contribution in [0.4, 0.5) is 0 Å². The molecule has 4 heterocycles. The maximum absolute atomic E-state index is 5.33. The molecule has 0 N–H and O–H groups in total. The molecule has 2 aromatic rings. The largest absolute Gasteiger partial charge is 0.378 e. The van der Waals surface area contributed by atoms with Crippen molar-refractivity contribution in [2.75, 3.05) is 39.4 Å². The fraction of sp³-hybridized carbons (Fsp3) is 0.611. The molecule has 2 aliphatic heterocycles. The van der Waals surface area contributed by atoms with Crippen molar-refractivity contribution < 1.29 is 4.74 Å². The van der Waals surface area contributed by atoms with Gasteiger partial charge in [-0.3, -0.25) is 9.80 Å². The molecule has 0 bridgehead atoms. The van der Waals surface area contributed by atoms with E-state index in [1.54, 1.807) is 0 Å². The summed E-state index contributed by atoms with van der Waals surface area (Å²) in [7, 11) is 0. The fourth-order valence-corrected chi connectivity index (χ4v) is 3.84. The fourth-order valence-electron chi connectivity index (χ4n) is 3.84. The number of hydrogen-bond acceptors (Lipinski definition) is 4. The molecule has 0 unspecified atom stereocenters. The summed E-state index contributed by atoms with van der Waals surface area (Å²) < 4.78 is 7.58. The van der Waals surface area contributed by atoms with E-state index in [2.05, 4.69) is 53.3 Å². The maximum Gasteiger partial charge on any atom is 0.133 e. The zero-order valence-electron chi connectivity index (χ0n) is 14.3.